The molecule has 1 aromatic heterocycles. The van der Waals surface area contributed by atoms with E-state index in [0.717, 1.165) is 5.30 Å². The second kappa shape index (κ2) is 4.16. The van der Waals surface area contributed by atoms with Crippen molar-refractivity contribution in [3.63, 3.8) is 0 Å². The van der Waals surface area contributed by atoms with E-state index in [4.69, 9.17) is 34.8 Å². The van der Waals surface area contributed by atoms with Crippen LogP contribution in [-0.4, -0.2) is 0 Å². The van der Waals surface area contributed by atoms with Crippen molar-refractivity contribution < 1.29 is 0 Å². The molecule has 2 rings (SSSR count). The summed E-state index contributed by atoms with van der Waals surface area (Å²) in [5.41, 5.74) is 0. The van der Waals surface area contributed by atoms with Gasteiger partial charge in [0.1, 0.15) is 0 Å². The van der Waals surface area contributed by atoms with E-state index in [0.29, 0.717) is 15.1 Å². The Balaban J connectivity index is 2.61. The van der Waals surface area contributed by atoms with E-state index in [9.17, 15) is 0 Å². The van der Waals surface area contributed by atoms with Gasteiger partial charge in [-0.05, 0) is 23.7 Å². The van der Waals surface area contributed by atoms with Gasteiger partial charge in [-0.2, -0.15) is 0 Å². The Hall–Kier alpha value is -0.130. The summed E-state index contributed by atoms with van der Waals surface area (Å²) in [6.07, 6.45) is 0. The molecule has 14 heavy (non-hydrogen) atoms. The maximum atomic E-state index is 6.11. The minimum atomic E-state index is -0.426. The zero-order chi connectivity index (χ0) is 10.1. The predicted molar refractivity (Wildman–Crippen MR) is 65.5 cm³/mol. The zero-order valence-corrected chi connectivity index (χ0v) is 10.2. The minimum Gasteiger partial charge on any atom is -0.0918 e. The monoisotopic (exact) mass is 262 g/mol. The number of benzene rings is 1. The highest BCUT2D eigenvalue weighted by atomic mass is 35.5. The van der Waals surface area contributed by atoms with E-state index in [1.807, 2.05) is 18.2 Å². The molecule has 0 fully saturated rings. The first-order valence-electron chi connectivity index (χ1n) is 3.97. The van der Waals surface area contributed by atoms with Crippen LogP contribution in [0.3, 0.4) is 0 Å². The van der Waals surface area contributed by atoms with Gasteiger partial charge < -0.3 is 0 Å². The van der Waals surface area contributed by atoms with Crippen molar-refractivity contribution in [2.45, 2.75) is 0 Å². The number of rotatable bonds is 1. The van der Waals surface area contributed by atoms with Gasteiger partial charge in [0.05, 0.1) is 15.1 Å². The Morgan fingerprint density at radius 2 is 1.50 bits per heavy atom. The third kappa shape index (κ3) is 1.81. The fraction of sp³-hybridized carbons (Fsp3) is 0. The van der Waals surface area contributed by atoms with Crippen molar-refractivity contribution in [3.05, 3.63) is 50.9 Å². The summed E-state index contributed by atoms with van der Waals surface area (Å²) in [6, 6.07) is 7.75. The van der Waals surface area contributed by atoms with Crippen molar-refractivity contribution in [2.75, 3.05) is 0 Å². The van der Waals surface area contributed by atoms with Crippen LogP contribution in [0.15, 0.2) is 35.9 Å². The van der Waals surface area contributed by atoms with Crippen LogP contribution in [0, 0.1) is 0 Å². The standard InChI is InChI=1S/C10H6Cl3P/c11-7-3-4-8(10(13)9(7)12)14-5-1-2-6-14/h1-6H. The molecule has 0 saturated heterocycles. The fourth-order valence-corrected chi connectivity index (χ4v) is 3.68. The van der Waals surface area contributed by atoms with Gasteiger partial charge in [0.25, 0.3) is 0 Å². The predicted octanol–water partition coefficient (Wildman–Crippen LogP) is 5.62. The van der Waals surface area contributed by atoms with Crippen LogP contribution < -0.4 is 0 Å². The zero-order valence-electron chi connectivity index (χ0n) is 7.05. The van der Waals surface area contributed by atoms with Crippen LogP contribution in [-0.2, 0) is 0 Å². The van der Waals surface area contributed by atoms with Crippen molar-refractivity contribution >= 4 is 42.3 Å². The second-order valence-corrected chi connectivity index (χ2v) is 5.84. The molecule has 0 unspecified atom stereocenters. The first kappa shape index (κ1) is 10.4. The summed E-state index contributed by atoms with van der Waals surface area (Å²) in [7, 11) is -0.426. The number of hydrogen-bond acceptors (Lipinski definition) is 0. The van der Waals surface area contributed by atoms with E-state index in [2.05, 4.69) is 11.6 Å². The minimum absolute atomic E-state index is 0.426. The molecule has 0 nitrogen and oxygen atoms in total. The van der Waals surface area contributed by atoms with E-state index < -0.39 is 7.53 Å². The Morgan fingerprint density at radius 1 is 0.857 bits per heavy atom. The Morgan fingerprint density at radius 3 is 2.14 bits per heavy atom. The maximum absolute atomic E-state index is 6.11. The summed E-state index contributed by atoms with van der Waals surface area (Å²) in [5, 5.41) is 2.58. The Labute approximate surface area is 98.5 Å². The highest BCUT2D eigenvalue weighted by Gasteiger charge is 2.09. The second-order valence-electron chi connectivity index (χ2n) is 2.78. The lowest BCUT2D eigenvalue weighted by molar-refractivity contribution is 1.75. The normalized spacial score (nSPS) is 10.5. The lowest BCUT2D eigenvalue weighted by Gasteiger charge is -2.05. The van der Waals surface area contributed by atoms with Gasteiger partial charge in [-0.15, -0.1) is 0 Å². The van der Waals surface area contributed by atoms with Gasteiger partial charge in [0, 0.05) is 5.30 Å². The number of halogens is 3. The van der Waals surface area contributed by atoms with E-state index in [-0.39, 0.29) is 0 Å². The third-order valence-corrected chi connectivity index (χ3v) is 5.24. The molecule has 0 saturated carbocycles. The summed E-state index contributed by atoms with van der Waals surface area (Å²) in [6.45, 7) is 0. The summed E-state index contributed by atoms with van der Waals surface area (Å²) >= 11 is 17.9. The Kier molecular flexibility index (Phi) is 3.09. The van der Waals surface area contributed by atoms with Gasteiger partial charge in [-0.25, -0.2) is 0 Å². The molecule has 0 bridgehead atoms. The largest absolute Gasteiger partial charge is 0.0918 e. The third-order valence-electron chi connectivity index (χ3n) is 1.90. The first-order valence-corrected chi connectivity index (χ1v) is 6.58. The van der Waals surface area contributed by atoms with E-state index >= 15 is 0 Å². The molecule has 4 heteroatoms. The summed E-state index contributed by atoms with van der Waals surface area (Å²) in [4.78, 5) is 0. The summed E-state index contributed by atoms with van der Waals surface area (Å²) in [5.74, 6) is 4.25. The molecular formula is C10H6Cl3P. The van der Waals surface area contributed by atoms with Crippen LogP contribution in [0.5, 0.6) is 0 Å². The topological polar surface area (TPSA) is 0 Å². The smallest absolute Gasteiger partial charge is 0.0788 e. The highest BCUT2D eigenvalue weighted by Crippen LogP contribution is 2.47. The molecule has 1 aromatic carbocycles. The van der Waals surface area contributed by atoms with E-state index in [1.165, 1.54) is 0 Å². The molecule has 0 amide bonds. The molecule has 1 heterocycles. The van der Waals surface area contributed by atoms with Crippen LogP contribution >= 0.6 is 42.3 Å². The molecular weight excluding hydrogens is 257 g/mol. The summed E-state index contributed by atoms with van der Waals surface area (Å²) < 4.78 is 0. The molecule has 0 atom stereocenters. The molecule has 0 N–H and O–H groups in total. The molecule has 72 valence electrons. The first-order chi connectivity index (χ1) is 6.70. The molecule has 0 aliphatic rings. The van der Waals surface area contributed by atoms with Crippen LogP contribution in [0.25, 0.3) is 5.30 Å². The van der Waals surface area contributed by atoms with E-state index in [1.54, 1.807) is 6.07 Å². The van der Waals surface area contributed by atoms with Gasteiger partial charge >= 0.3 is 0 Å². The van der Waals surface area contributed by atoms with Crippen molar-refractivity contribution in [3.8, 4) is 5.30 Å². The average molecular weight is 263 g/mol. The van der Waals surface area contributed by atoms with Gasteiger partial charge in [0.15, 0.2) is 0 Å². The number of hydrogen-bond donors (Lipinski definition) is 0. The maximum Gasteiger partial charge on any atom is 0.0788 e. The molecule has 0 spiro atoms. The van der Waals surface area contributed by atoms with Gasteiger partial charge in [0.2, 0.25) is 0 Å². The SMILES string of the molecule is Clc1ccc(-p2cccc2)c(Cl)c1Cl. The molecule has 0 radical (unpaired) electrons. The molecule has 2 aromatic rings. The fourth-order valence-electron chi connectivity index (χ4n) is 1.21. The van der Waals surface area contributed by atoms with Crippen molar-refractivity contribution in [1.82, 2.24) is 0 Å². The van der Waals surface area contributed by atoms with Crippen molar-refractivity contribution in [2.24, 2.45) is 0 Å². The van der Waals surface area contributed by atoms with Crippen LogP contribution in [0.4, 0.5) is 0 Å². The molecule has 0 aliphatic heterocycles. The highest BCUT2D eigenvalue weighted by molar-refractivity contribution is 7.56. The lowest BCUT2D eigenvalue weighted by Crippen LogP contribution is -1.73. The van der Waals surface area contributed by atoms with Crippen LogP contribution in [0.1, 0.15) is 0 Å². The average Bonchev–Trinajstić information content (AvgIpc) is 2.67. The Bertz CT molecular complexity index is 449. The van der Waals surface area contributed by atoms with Crippen LogP contribution in [0.2, 0.25) is 15.1 Å². The quantitative estimate of drug-likeness (QED) is 0.586. The van der Waals surface area contributed by atoms with Gasteiger partial charge in [-0.3, -0.25) is 0 Å². The van der Waals surface area contributed by atoms with Crippen molar-refractivity contribution in [1.29, 1.82) is 0 Å². The molecule has 0 aliphatic carbocycles. The van der Waals surface area contributed by atoms with Gasteiger partial charge in [-0.1, -0.05) is 54.5 Å². The lowest BCUT2D eigenvalue weighted by atomic mass is 10.4.